The maximum absolute atomic E-state index is 14.1. The van der Waals surface area contributed by atoms with Gasteiger partial charge in [0, 0.05) is 57.7 Å². The van der Waals surface area contributed by atoms with Crippen LogP contribution in [-0.2, 0) is 60.2 Å². The van der Waals surface area contributed by atoms with Crippen LogP contribution in [-0.4, -0.2) is 183 Å². The van der Waals surface area contributed by atoms with E-state index in [0.29, 0.717) is 16.7 Å². The van der Waals surface area contributed by atoms with Crippen molar-refractivity contribution in [2.24, 2.45) is 0 Å². The molecule has 0 aromatic carbocycles. The summed E-state index contributed by atoms with van der Waals surface area (Å²) >= 11 is 0. The van der Waals surface area contributed by atoms with Crippen LogP contribution in [0.4, 0.5) is 0 Å². The van der Waals surface area contributed by atoms with Gasteiger partial charge in [0.15, 0.2) is 0 Å². The van der Waals surface area contributed by atoms with Gasteiger partial charge in [-0.25, -0.2) is 0 Å². The zero-order chi connectivity index (χ0) is 50.6. The van der Waals surface area contributed by atoms with Crippen LogP contribution in [0.2, 0.25) is 0 Å². The minimum absolute atomic E-state index is 0. The Balaban J connectivity index is 0.0000449. The molecule has 9 amide bonds. The van der Waals surface area contributed by atoms with Gasteiger partial charge in [-0.05, 0) is 78.6 Å². The Kier molecular flexibility index (Phi) is 31.3. The van der Waals surface area contributed by atoms with Gasteiger partial charge in [0.05, 0.1) is 19.8 Å². The number of hydroxylamine groups is 6. The second-order valence-corrected chi connectivity index (χ2v) is 15.6. The van der Waals surface area contributed by atoms with Crippen LogP contribution >= 0.6 is 0 Å². The number of nitrogens with zero attached hydrogens (tertiary/aromatic N) is 3. The van der Waals surface area contributed by atoms with E-state index in [4.69, 9.17) is 15.3 Å². The van der Waals surface area contributed by atoms with E-state index >= 15 is 0 Å². The molecule has 0 bridgehead atoms. The molecule has 1 aliphatic rings. The first kappa shape index (κ1) is 62.6. The van der Waals surface area contributed by atoms with Gasteiger partial charge in [-0.1, -0.05) is 16.7 Å². The molecule has 0 aromatic heterocycles. The summed E-state index contributed by atoms with van der Waals surface area (Å²) in [6, 6.07) is -8.52. The number of nitrogens with one attached hydrogen (secondary N) is 6. The number of hydrogen-bond acceptors (Lipinski definition) is 17. The number of hydrogen-bond donors (Lipinski definition) is 11. The van der Waals surface area contributed by atoms with Crippen molar-refractivity contribution in [1.82, 2.24) is 47.1 Å². The summed E-state index contributed by atoms with van der Waals surface area (Å²) in [4.78, 5) is 118. The van der Waals surface area contributed by atoms with Crippen LogP contribution in [0, 0.1) is 15.6 Å². The Labute approximate surface area is 403 Å². The van der Waals surface area contributed by atoms with Gasteiger partial charge < -0.3 is 88.2 Å². The molecule has 1 fully saturated rings. The monoisotopic (exact) mass is 1010 g/mol. The van der Waals surface area contributed by atoms with E-state index in [2.05, 4.69) is 31.9 Å². The number of amides is 9. The second-order valence-electron chi connectivity index (χ2n) is 15.6. The molecule has 1 heterocycles. The van der Waals surface area contributed by atoms with Crippen LogP contribution in [0.5, 0.6) is 0 Å². The fourth-order valence-electron chi connectivity index (χ4n) is 6.06. The van der Waals surface area contributed by atoms with Crippen LogP contribution in [0.25, 0.3) is 0 Å². The van der Waals surface area contributed by atoms with Crippen molar-refractivity contribution in [3.8, 4) is 0 Å². The molecule has 1 aliphatic heterocycles. The van der Waals surface area contributed by atoms with Gasteiger partial charge >= 0.3 is 17.1 Å². The van der Waals surface area contributed by atoms with Crippen molar-refractivity contribution in [3.63, 3.8) is 0 Å². The van der Waals surface area contributed by atoms with Crippen molar-refractivity contribution >= 4 is 53.2 Å². The van der Waals surface area contributed by atoms with Crippen molar-refractivity contribution in [1.29, 1.82) is 0 Å². The first-order chi connectivity index (χ1) is 31.7. The van der Waals surface area contributed by atoms with Crippen molar-refractivity contribution in [3.05, 3.63) is 50.6 Å². The molecule has 26 nitrogen and oxygen atoms in total. The number of carbonyl (C=O) groups excluding carboxylic acids is 9. The van der Waals surface area contributed by atoms with Gasteiger partial charge in [0.1, 0.15) is 30.2 Å². The molecule has 0 aromatic rings. The summed E-state index contributed by atoms with van der Waals surface area (Å²) in [6.07, 6.45) is 1.36. The van der Waals surface area contributed by atoms with Gasteiger partial charge in [0.25, 0.3) is 0 Å². The van der Waals surface area contributed by atoms with E-state index in [1.54, 1.807) is 0 Å². The molecule has 0 saturated carbocycles. The predicted molar refractivity (Wildman–Crippen MR) is 236 cm³/mol. The molecule has 0 spiro atoms. The third-order valence-corrected chi connectivity index (χ3v) is 9.90. The smallest absolute Gasteiger partial charge is 0.756 e. The molecule has 0 unspecified atom stereocenters. The van der Waals surface area contributed by atoms with Crippen molar-refractivity contribution in [2.45, 2.75) is 109 Å². The summed E-state index contributed by atoms with van der Waals surface area (Å²) in [5.74, 6) is -9.62. The summed E-state index contributed by atoms with van der Waals surface area (Å²) in [5.41, 5.74) is 1.20. The summed E-state index contributed by atoms with van der Waals surface area (Å²) in [5, 5.41) is 98.8. The normalized spacial score (nSPS) is 20.5. The Hall–Kier alpha value is -5.35. The zero-order valence-corrected chi connectivity index (χ0v) is 39.3. The number of aliphatic hydroxyl groups excluding tert-OH is 5. The quantitative estimate of drug-likeness (QED) is 0.0263. The van der Waals surface area contributed by atoms with E-state index in [1.165, 1.54) is 20.8 Å². The predicted octanol–water partition coefficient (Wildman–Crippen LogP) is -4.17. The fourth-order valence-corrected chi connectivity index (χ4v) is 6.06. The summed E-state index contributed by atoms with van der Waals surface area (Å²) < 4.78 is 0. The van der Waals surface area contributed by atoms with E-state index in [1.807, 2.05) is 0 Å². The SMILES string of the molecule is C/C(=C/C(=O)N([O-])CCC[C@@H]1NC(=O)[C@H](CCCN([O-])C(=O)/C=C(/C)CCO)NC(=O)[C@H](CCCN([O-])C(=O)/C=C(/C)CCO)NC(=O)[C@H](CO)NC(=O)[C@H](CO)NC(=O)CNC1=O)CCO.[Fe+3]. The first-order valence-corrected chi connectivity index (χ1v) is 21.5. The largest absolute Gasteiger partial charge is 3.00 e. The molecule has 1 radical (unpaired) electrons. The standard InChI is InChI=1S/C41H64N9O17.Fe/c1-25(10-16-51)19-34(57)48(65)13-4-7-28-37(60)42-22-33(56)43-31(23-54)40(63)47-32(24-55)41(64)46-30(9-6-15-50(67)36(59)21-27(3)12-18-53)39(62)45-29(38(61)44-28)8-5-14-49(66)35(58)20-26(2)11-17-52;/h19-21,28-32,51-55H,4-18,22-24H2,1-3H3,(H,42,60)(H,43,56)(H,44,61)(H,45,62)(H,46,64)(H,47,63);/q-3;+3/b25-19-,26-20-,27-21-;/t28-,29-,30-,31-,32-;/m0./s1. The number of rotatable bonds is 23. The molecule has 11 N–H and O–H groups in total. The minimum atomic E-state index is -1.82. The maximum Gasteiger partial charge on any atom is 3.00 e. The molecule has 27 heteroatoms. The number of carbonyl (C=O) groups is 9. The van der Waals surface area contributed by atoms with E-state index in [9.17, 15) is 69.0 Å². The first-order valence-electron chi connectivity index (χ1n) is 21.5. The third-order valence-electron chi connectivity index (χ3n) is 9.90. The molecule has 1 rings (SSSR count). The Morgan fingerprint density at radius 1 is 0.500 bits per heavy atom. The van der Waals surface area contributed by atoms with E-state index in [-0.39, 0.29) is 97.0 Å². The fraction of sp³-hybridized carbons (Fsp3) is 0.634. The van der Waals surface area contributed by atoms with Gasteiger partial charge in [-0.15, -0.1) is 0 Å². The van der Waals surface area contributed by atoms with Gasteiger partial charge in [-0.2, -0.15) is 0 Å². The molecular formula is C41H64FeN9O17. The average Bonchev–Trinajstić information content (AvgIpc) is 3.27. The maximum atomic E-state index is 14.1. The molecule has 1 saturated heterocycles. The third kappa shape index (κ3) is 24.1. The van der Waals surface area contributed by atoms with E-state index < -0.39 is 136 Å². The van der Waals surface area contributed by atoms with Crippen molar-refractivity contribution in [2.75, 3.05) is 59.2 Å². The van der Waals surface area contributed by atoms with Gasteiger partial charge in [0.2, 0.25) is 53.2 Å². The molecular weight excluding hydrogens is 946 g/mol. The second kappa shape index (κ2) is 34.0. The Morgan fingerprint density at radius 3 is 1.09 bits per heavy atom. The molecule has 68 heavy (non-hydrogen) atoms. The molecule has 0 aliphatic carbocycles. The van der Waals surface area contributed by atoms with Crippen LogP contribution in [0.1, 0.15) is 78.6 Å². The number of aliphatic hydroxyl groups is 5. The topological polar surface area (TPSA) is 406 Å². The Bertz CT molecular complexity index is 1800. The zero-order valence-electron chi connectivity index (χ0n) is 38.2. The summed E-state index contributed by atoms with van der Waals surface area (Å²) in [7, 11) is 0. The molecule has 383 valence electrons. The summed E-state index contributed by atoms with van der Waals surface area (Å²) in [6.45, 7) is -0.871. The van der Waals surface area contributed by atoms with Crippen LogP contribution in [0.3, 0.4) is 0 Å². The van der Waals surface area contributed by atoms with Crippen LogP contribution in [0.15, 0.2) is 34.9 Å². The van der Waals surface area contributed by atoms with E-state index in [0.717, 1.165) is 18.2 Å². The minimum Gasteiger partial charge on any atom is -0.756 e. The van der Waals surface area contributed by atoms with Crippen LogP contribution < -0.4 is 31.9 Å². The van der Waals surface area contributed by atoms with Gasteiger partial charge in [-0.3, -0.25) is 43.2 Å². The average molecular weight is 1010 g/mol. The van der Waals surface area contributed by atoms with Crippen molar-refractivity contribution < 1.29 is 85.8 Å². The molecule has 5 atom stereocenters. The Morgan fingerprint density at radius 2 is 0.779 bits per heavy atom.